The first-order valence-electron chi connectivity index (χ1n) is 6.90. The summed E-state index contributed by atoms with van der Waals surface area (Å²) in [6.45, 7) is 3.86. The summed E-state index contributed by atoms with van der Waals surface area (Å²) in [5.74, 6) is -1.01. The molecule has 7 heteroatoms. The van der Waals surface area contributed by atoms with Gasteiger partial charge in [-0.25, -0.2) is 19.2 Å². The van der Waals surface area contributed by atoms with Crippen molar-refractivity contribution in [3.63, 3.8) is 0 Å². The van der Waals surface area contributed by atoms with Gasteiger partial charge in [-0.3, -0.25) is 0 Å². The van der Waals surface area contributed by atoms with Gasteiger partial charge in [0, 0.05) is 5.39 Å². The third kappa shape index (κ3) is 3.24. The number of methoxy groups -OCH3 is 1. The van der Waals surface area contributed by atoms with Crippen molar-refractivity contribution in [2.75, 3.05) is 12.4 Å². The van der Waals surface area contributed by atoms with Gasteiger partial charge in [-0.2, -0.15) is 0 Å². The number of ether oxygens (including phenoxy) is 1. The van der Waals surface area contributed by atoms with Crippen molar-refractivity contribution in [2.45, 2.75) is 26.3 Å². The van der Waals surface area contributed by atoms with Gasteiger partial charge in [-0.05, 0) is 24.5 Å². The zero-order valence-electron chi connectivity index (χ0n) is 12.6. The fourth-order valence-corrected chi connectivity index (χ4v) is 2.21. The molecule has 1 heterocycles. The molecule has 2 N–H and O–H groups in total. The third-order valence-corrected chi connectivity index (χ3v) is 3.25. The molecule has 0 aliphatic carbocycles. The van der Waals surface area contributed by atoms with Crippen molar-refractivity contribution in [1.82, 2.24) is 9.97 Å². The Morgan fingerprint density at radius 2 is 2.14 bits per heavy atom. The van der Waals surface area contributed by atoms with Crippen LogP contribution in [0.1, 0.15) is 20.3 Å². The van der Waals surface area contributed by atoms with Crippen LogP contribution in [0.3, 0.4) is 0 Å². The summed E-state index contributed by atoms with van der Waals surface area (Å²) in [7, 11) is 1.37. The van der Waals surface area contributed by atoms with Crippen LogP contribution in [0.15, 0.2) is 18.5 Å². The van der Waals surface area contributed by atoms with E-state index in [9.17, 15) is 14.3 Å². The van der Waals surface area contributed by atoms with E-state index in [0.717, 1.165) is 0 Å². The average molecular weight is 307 g/mol. The van der Waals surface area contributed by atoms with Crippen LogP contribution in [0, 0.1) is 11.7 Å². The Morgan fingerprint density at radius 3 is 2.73 bits per heavy atom. The molecule has 1 atom stereocenters. The van der Waals surface area contributed by atoms with Gasteiger partial charge < -0.3 is 15.2 Å². The molecule has 0 bridgehead atoms. The Hall–Kier alpha value is -2.44. The molecule has 118 valence electrons. The van der Waals surface area contributed by atoms with Gasteiger partial charge in [-0.15, -0.1) is 0 Å². The van der Waals surface area contributed by atoms with Crippen molar-refractivity contribution in [3.05, 3.63) is 24.3 Å². The molecular formula is C15H18FN3O3. The number of rotatable bonds is 6. The second kappa shape index (κ2) is 6.55. The summed E-state index contributed by atoms with van der Waals surface area (Å²) in [5.41, 5.74) is 0.0885. The van der Waals surface area contributed by atoms with Gasteiger partial charge in [0.25, 0.3) is 0 Å². The molecule has 2 aromatic rings. The molecule has 0 aliphatic rings. The largest absolute Gasteiger partial charge is 0.494 e. The van der Waals surface area contributed by atoms with E-state index in [1.807, 2.05) is 13.8 Å². The second-order valence-corrected chi connectivity index (χ2v) is 5.36. The molecule has 0 fully saturated rings. The molecule has 2 rings (SSSR count). The first-order valence-corrected chi connectivity index (χ1v) is 6.90. The van der Waals surface area contributed by atoms with Crippen molar-refractivity contribution < 1.29 is 19.0 Å². The highest BCUT2D eigenvalue weighted by molar-refractivity contribution is 5.91. The van der Waals surface area contributed by atoms with Crippen LogP contribution in [-0.2, 0) is 4.79 Å². The van der Waals surface area contributed by atoms with E-state index in [4.69, 9.17) is 4.74 Å². The van der Waals surface area contributed by atoms with Gasteiger partial charge in [-0.1, -0.05) is 13.8 Å². The van der Waals surface area contributed by atoms with Crippen LogP contribution in [0.25, 0.3) is 10.9 Å². The molecule has 0 unspecified atom stereocenters. The smallest absolute Gasteiger partial charge is 0.326 e. The standard InChI is InChI=1S/C15H18FN3O3/c1-8(2)6-10(15(20)21)19-14-9-4-5-11(22-3)12(16)13(9)17-7-18-14/h4-5,7-8,10H,6H2,1-3H3,(H,20,21)(H,17,18,19)/t10-/m1/s1. The number of aliphatic carboxylic acids is 1. The predicted molar refractivity (Wildman–Crippen MR) is 80.5 cm³/mol. The van der Waals surface area contributed by atoms with Crippen molar-refractivity contribution >= 4 is 22.7 Å². The van der Waals surface area contributed by atoms with Crippen LogP contribution >= 0.6 is 0 Å². The number of carboxylic acids is 1. The van der Waals surface area contributed by atoms with Crippen LogP contribution in [-0.4, -0.2) is 34.2 Å². The zero-order valence-corrected chi connectivity index (χ0v) is 12.6. The van der Waals surface area contributed by atoms with Gasteiger partial charge >= 0.3 is 5.97 Å². The topological polar surface area (TPSA) is 84.3 Å². The van der Waals surface area contributed by atoms with Crippen LogP contribution in [0.2, 0.25) is 0 Å². The normalized spacial score (nSPS) is 12.4. The van der Waals surface area contributed by atoms with Crippen LogP contribution < -0.4 is 10.1 Å². The molecule has 0 spiro atoms. The lowest BCUT2D eigenvalue weighted by Gasteiger charge is -2.18. The molecule has 1 aromatic heterocycles. The monoisotopic (exact) mass is 307 g/mol. The van der Waals surface area contributed by atoms with Crippen molar-refractivity contribution in [2.24, 2.45) is 5.92 Å². The number of nitrogens with one attached hydrogen (secondary N) is 1. The number of halogens is 1. The average Bonchev–Trinajstić information content (AvgIpc) is 2.47. The number of anilines is 1. The minimum Gasteiger partial charge on any atom is -0.494 e. The summed E-state index contributed by atoms with van der Waals surface area (Å²) in [4.78, 5) is 19.3. The Kier molecular flexibility index (Phi) is 4.75. The maximum absolute atomic E-state index is 14.2. The number of nitrogens with zero attached hydrogens (tertiary/aromatic N) is 2. The summed E-state index contributed by atoms with van der Waals surface area (Å²) in [6, 6.07) is 2.27. The molecule has 0 saturated carbocycles. The summed E-state index contributed by atoms with van der Waals surface area (Å²) in [6.07, 6.45) is 1.63. The van der Waals surface area contributed by atoms with E-state index in [1.54, 1.807) is 6.07 Å². The SMILES string of the molecule is COc1ccc2c(N[C@H](CC(C)C)C(=O)O)ncnc2c1F. The van der Waals surface area contributed by atoms with Crippen molar-refractivity contribution in [1.29, 1.82) is 0 Å². The Balaban J connectivity index is 2.43. The van der Waals surface area contributed by atoms with Gasteiger partial charge in [0.1, 0.15) is 23.7 Å². The van der Waals surface area contributed by atoms with Gasteiger partial charge in [0.05, 0.1) is 7.11 Å². The van der Waals surface area contributed by atoms with E-state index in [1.165, 1.54) is 19.5 Å². The summed E-state index contributed by atoms with van der Waals surface area (Å²) >= 11 is 0. The molecule has 22 heavy (non-hydrogen) atoms. The Bertz CT molecular complexity index is 691. The lowest BCUT2D eigenvalue weighted by Crippen LogP contribution is -2.31. The molecule has 1 aromatic carbocycles. The third-order valence-electron chi connectivity index (χ3n) is 3.25. The first-order chi connectivity index (χ1) is 10.4. The Morgan fingerprint density at radius 1 is 1.41 bits per heavy atom. The quantitative estimate of drug-likeness (QED) is 0.853. The lowest BCUT2D eigenvalue weighted by atomic mass is 10.0. The number of aromatic nitrogens is 2. The molecular weight excluding hydrogens is 289 g/mol. The fourth-order valence-electron chi connectivity index (χ4n) is 2.21. The number of fused-ring (bicyclic) bond motifs is 1. The maximum Gasteiger partial charge on any atom is 0.326 e. The predicted octanol–water partition coefficient (Wildman–Crippen LogP) is 2.69. The first kappa shape index (κ1) is 15.9. The fraction of sp³-hybridized carbons (Fsp3) is 0.400. The number of hydrogen-bond donors (Lipinski definition) is 2. The molecule has 0 radical (unpaired) electrons. The zero-order chi connectivity index (χ0) is 16.3. The number of benzene rings is 1. The lowest BCUT2D eigenvalue weighted by molar-refractivity contribution is -0.138. The van der Waals surface area contributed by atoms with E-state index in [2.05, 4.69) is 15.3 Å². The van der Waals surface area contributed by atoms with E-state index < -0.39 is 17.8 Å². The number of carbonyl (C=O) groups is 1. The number of hydrogen-bond acceptors (Lipinski definition) is 5. The number of carboxylic acid groups (broad SMARTS) is 1. The molecule has 0 amide bonds. The van der Waals surface area contributed by atoms with Crippen LogP contribution in [0.5, 0.6) is 5.75 Å². The highest BCUT2D eigenvalue weighted by atomic mass is 19.1. The second-order valence-electron chi connectivity index (χ2n) is 5.36. The van der Waals surface area contributed by atoms with E-state index in [0.29, 0.717) is 17.6 Å². The minimum atomic E-state index is -0.977. The molecule has 6 nitrogen and oxygen atoms in total. The van der Waals surface area contributed by atoms with Gasteiger partial charge in [0.2, 0.25) is 0 Å². The molecule has 0 aliphatic heterocycles. The maximum atomic E-state index is 14.2. The minimum absolute atomic E-state index is 0.0779. The summed E-state index contributed by atoms with van der Waals surface area (Å²) < 4.78 is 19.1. The van der Waals surface area contributed by atoms with E-state index in [-0.39, 0.29) is 17.2 Å². The summed E-state index contributed by atoms with van der Waals surface area (Å²) in [5, 5.41) is 12.6. The highest BCUT2D eigenvalue weighted by Gasteiger charge is 2.21. The van der Waals surface area contributed by atoms with Gasteiger partial charge in [0.15, 0.2) is 11.6 Å². The Labute approximate surface area is 127 Å². The van der Waals surface area contributed by atoms with E-state index >= 15 is 0 Å². The van der Waals surface area contributed by atoms with Crippen molar-refractivity contribution in [3.8, 4) is 5.75 Å². The van der Waals surface area contributed by atoms with Crippen LogP contribution in [0.4, 0.5) is 10.2 Å². The highest BCUT2D eigenvalue weighted by Crippen LogP contribution is 2.28. The molecule has 0 saturated heterocycles.